The van der Waals surface area contributed by atoms with E-state index in [0.29, 0.717) is 24.5 Å². The van der Waals surface area contributed by atoms with Crippen LogP contribution < -0.4 is 21.5 Å². The summed E-state index contributed by atoms with van der Waals surface area (Å²) in [5, 5.41) is 6.61. The van der Waals surface area contributed by atoms with Crippen molar-refractivity contribution in [1.29, 1.82) is 0 Å². The molecule has 0 radical (unpaired) electrons. The van der Waals surface area contributed by atoms with Crippen LogP contribution in [-0.4, -0.2) is 29.9 Å². The lowest BCUT2D eigenvalue weighted by atomic mass is 10.2. The number of nitrogens with zero attached hydrogens (tertiary/aromatic N) is 1. The van der Waals surface area contributed by atoms with Crippen LogP contribution >= 0.6 is 11.3 Å². The van der Waals surface area contributed by atoms with E-state index in [1.54, 1.807) is 6.20 Å². The largest absolute Gasteiger partial charge is 0.380 e. The molecule has 0 aliphatic heterocycles. The zero-order valence-corrected chi connectivity index (χ0v) is 16.4. The summed E-state index contributed by atoms with van der Waals surface area (Å²) >= 11 is 1.38. The molecule has 0 saturated carbocycles. The number of nitrogens with one attached hydrogen (secondary N) is 4. The fraction of sp³-hybridized carbons (Fsp3) is 0.421. The highest BCUT2D eigenvalue weighted by atomic mass is 32.1. The molecule has 4 N–H and O–H groups in total. The molecule has 0 bridgehead atoms. The maximum absolute atomic E-state index is 12.1. The number of amides is 2. The van der Waals surface area contributed by atoms with Crippen molar-refractivity contribution in [2.24, 2.45) is 0 Å². The lowest BCUT2D eigenvalue weighted by Gasteiger charge is -2.06. The normalized spacial score (nSPS) is 10.4. The first-order chi connectivity index (χ1) is 13.2. The van der Waals surface area contributed by atoms with Gasteiger partial charge in [-0.15, -0.1) is 11.3 Å². The van der Waals surface area contributed by atoms with Crippen molar-refractivity contribution in [3.63, 3.8) is 0 Å². The number of anilines is 1. The molecule has 146 valence electrons. The van der Waals surface area contributed by atoms with Gasteiger partial charge in [-0.1, -0.05) is 25.1 Å². The van der Waals surface area contributed by atoms with E-state index in [0.717, 1.165) is 36.4 Å². The predicted molar refractivity (Wildman–Crippen MR) is 109 cm³/mol. The van der Waals surface area contributed by atoms with E-state index < -0.39 is 0 Å². The van der Waals surface area contributed by atoms with Crippen LogP contribution in [0.5, 0.6) is 0 Å². The summed E-state index contributed by atoms with van der Waals surface area (Å²) in [5.41, 5.74) is 6.54. The fourth-order valence-corrected chi connectivity index (χ4v) is 3.04. The van der Waals surface area contributed by atoms with Crippen LogP contribution in [0, 0.1) is 0 Å². The zero-order valence-electron chi connectivity index (χ0n) is 15.6. The minimum atomic E-state index is -0.167. The van der Waals surface area contributed by atoms with Crippen molar-refractivity contribution in [3.8, 4) is 0 Å². The second-order valence-corrected chi connectivity index (χ2v) is 7.15. The average Bonchev–Trinajstić information content (AvgIpc) is 3.16. The Morgan fingerprint density at radius 1 is 1.11 bits per heavy atom. The summed E-state index contributed by atoms with van der Waals surface area (Å²) < 4.78 is 0. The molecule has 0 saturated heterocycles. The summed E-state index contributed by atoms with van der Waals surface area (Å²) in [6.07, 6.45) is 4.61. The molecule has 2 rings (SSSR count). The van der Waals surface area contributed by atoms with E-state index in [2.05, 4.69) is 26.5 Å². The third-order valence-corrected chi connectivity index (χ3v) is 4.70. The second-order valence-electron chi connectivity index (χ2n) is 6.04. The minimum absolute atomic E-state index is 0.0229. The molecular formula is C19H27N5O2S. The molecule has 0 atom stereocenters. The zero-order chi connectivity index (χ0) is 19.3. The highest BCUT2D eigenvalue weighted by Crippen LogP contribution is 2.15. The summed E-state index contributed by atoms with van der Waals surface area (Å²) in [4.78, 5) is 28.9. The number of hydrazine groups is 1. The first-order valence-electron chi connectivity index (χ1n) is 9.22. The Bertz CT molecular complexity index is 705. The first-order valence-corrected chi connectivity index (χ1v) is 10.0. The number of thiazole rings is 1. The molecule has 1 heterocycles. The fourth-order valence-electron chi connectivity index (χ4n) is 2.28. The van der Waals surface area contributed by atoms with E-state index in [4.69, 9.17) is 0 Å². The van der Waals surface area contributed by atoms with Gasteiger partial charge in [0.1, 0.15) is 0 Å². The van der Waals surface area contributed by atoms with E-state index in [1.165, 1.54) is 11.3 Å². The van der Waals surface area contributed by atoms with Gasteiger partial charge in [-0.2, -0.15) is 0 Å². The summed E-state index contributed by atoms with van der Waals surface area (Å²) in [7, 11) is 0. The maximum Gasteiger partial charge on any atom is 0.280 e. The number of unbranched alkanes of at least 4 members (excludes halogenated alkanes) is 1. The van der Waals surface area contributed by atoms with E-state index >= 15 is 0 Å². The van der Waals surface area contributed by atoms with E-state index in [1.807, 2.05) is 37.3 Å². The third-order valence-electron chi connectivity index (χ3n) is 3.71. The number of hydrogen-bond acceptors (Lipinski definition) is 6. The lowest BCUT2D eigenvalue weighted by Crippen LogP contribution is -2.37. The van der Waals surface area contributed by atoms with Gasteiger partial charge in [0.25, 0.3) is 5.91 Å². The van der Waals surface area contributed by atoms with Gasteiger partial charge < -0.3 is 10.6 Å². The number of aromatic nitrogens is 1. The van der Waals surface area contributed by atoms with Crippen molar-refractivity contribution in [2.45, 2.75) is 39.2 Å². The Labute approximate surface area is 163 Å². The molecular weight excluding hydrogens is 362 g/mol. The molecule has 1 aromatic carbocycles. The Hall–Kier alpha value is -2.45. The topological polar surface area (TPSA) is 95.1 Å². The molecule has 1 aromatic heterocycles. The van der Waals surface area contributed by atoms with Gasteiger partial charge in [-0.25, -0.2) is 10.4 Å². The Kier molecular flexibility index (Phi) is 9.29. The smallest absolute Gasteiger partial charge is 0.280 e. The van der Waals surface area contributed by atoms with E-state index in [9.17, 15) is 9.59 Å². The number of carbonyl (C=O) groups excluding carboxylic acids is 2. The maximum atomic E-state index is 12.1. The number of carbonyl (C=O) groups is 2. The van der Waals surface area contributed by atoms with Crippen LogP contribution in [0.25, 0.3) is 0 Å². The standard InChI is InChI=1S/C19H27N5O2S/c1-2-11-23-24-17(25)10-6-7-12-20-18(26)19-22-14-16(27-19)13-21-15-8-4-3-5-9-15/h3-5,8-9,14,21,23H,2,6-7,10-13H2,1H3,(H,20,26)(H,24,25). The highest BCUT2D eigenvalue weighted by Gasteiger charge is 2.10. The van der Waals surface area contributed by atoms with Crippen LogP contribution in [0.4, 0.5) is 5.69 Å². The Morgan fingerprint density at radius 2 is 1.93 bits per heavy atom. The summed E-state index contributed by atoms with van der Waals surface area (Å²) in [6, 6.07) is 9.90. The van der Waals surface area contributed by atoms with Crippen molar-refractivity contribution < 1.29 is 9.59 Å². The Balaban J connectivity index is 1.61. The van der Waals surface area contributed by atoms with Crippen LogP contribution in [0.2, 0.25) is 0 Å². The molecule has 0 unspecified atom stereocenters. The molecule has 0 aliphatic rings. The van der Waals surface area contributed by atoms with E-state index in [-0.39, 0.29) is 11.8 Å². The van der Waals surface area contributed by atoms with Crippen LogP contribution in [-0.2, 0) is 11.3 Å². The third kappa shape index (κ3) is 8.19. The SMILES string of the molecule is CCCNNC(=O)CCCCNC(=O)c1ncc(CNc2ccccc2)s1. The van der Waals surface area contributed by atoms with Crippen molar-refractivity contribution in [3.05, 3.63) is 46.4 Å². The quantitative estimate of drug-likeness (QED) is 0.331. The molecule has 2 amide bonds. The van der Waals surface area contributed by atoms with Gasteiger partial charge >= 0.3 is 0 Å². The van der Waals surface area contributed by atoms with Crippen molar-refractivity contribution in [2.75, 3.05) is 18.4 Å². The van der Waals surface area contributed by atoms with Gasteiger partial charge in [0, 0.05) is 36.3 Å². The highest BCUT2D eigenvalue weighted by molar-refractivity contribution is 7.13. The Morgan fingerprint density at radius 3 is 2.70 bits per heavy atom. The molecule has 2 aromatic rings. The molecule has 8 heteroatoms. The molecule has 0 fully saturated rings. The molecule has 27 heavy (non-hydrogen) atoms. The molecule has 0 aliphatic carbocycles. The van der Waals surface area contributed by atoms with Crippen LogP contribution in [0.1, 0.15) is 47.3 Å². The first kappa shape index (κ1) is 20.9. The predicted octanol–water partition coefficient (Wildman–Crippen LogP) is 2.69. The molecule has 0 spiro atoms. The van der Waals surface area contributed by atoms with Crippen LogP contribution in [0.15, 0.2) is 36.5 Å². The van der Waals surface area contributed by atoms with Crippen LogP contribution in [0.3, 0.4) is 0 Å². The summed E-state index contributed by atoms with van der Waals surface area (Å²) in [5.74, 6) is -0.190. The van der Waals surface area contributed by atoms with Gasteiger partial charge in [-0.05, 0) is 31.4 Å². The lowest BCUT2D eigenvalue weighted by molar-refractivity contribution is -0.122. The number of para-hydroxylation sites is 1. The minimum Gasteiger partial charge on any atom is -0.380 e. The average molecular weight is 390 g/mol. The van der Waals surface area contributed by atoms with Gasteiger partial charge in [0.05, 0.1) is 6.54 Å². The number of rotatable bonds is 12. The number of benzene rings is 1. The number of hydrogen-bond donors (Lipinski definition) is 4. The van der Waals surface area contributed by atoms with Gasteiger partial charge in [0.2, 0.25) is 5.91 Å². The van der Waals surface area contributed by atoms with Crippen molar-refractivity contribution in [1.82, 2.24) is 21.2 Å². The summed E-state index contributed by atoms with van der Waals surface area (Å²) in [6.45, 7) is 3.97. The molecule has 7 nitrogen and oxygen atoms in total. The van der Waals surface area contributed by atoms with Crippen molar-refractivity contribution >= 4 is 28.8 Å². The monoisotopic (exact) mass is 389 g/mol. The van der Waals surface area contributed by atoms with Gasteiger partial charge in [-0.3, -0.25) is 15.0 Å². The van der Waals surface area contributed by atoms with Gasteiger partial charge in [0.15, 0.2) is 5.01 Å². The second kappa shape index (κ2) is 12.0.